The zero-order valence-corrected chi connectivity index (χ0v) is 13.2. The highest BCUT2D eigenvalue weighted by molar-refractivity contribution is 6.10. The quantitative estimate of drug-likeness (QED) is 0.723. The highest BCUT2D eigenvalue weighted by atomic mass is 16.2. The highest BCUT2D eigenvalue weighted by Gasteiger charge is 2.12. The van der Waals surface area contributed by atoms with Crippen LogP contribution in [0.3, 0.4) is 0 Å². The van der Waals surface area contributed by atoms with Crippen LogP contribution < -0.4 is 10.6 Å². The number of hydrogen-bond acceptors (Lipinski definition) is 3. The van der Waals surface area contributed by atoms with Crippen LogP contribution in [0.5, 0.6) is 0 Å². The van der Waals surface area contributed by atoms with E-state index in [4.69, 9.17) is 0 Å². The van der Waals surface area contributed by atoms with Gasteiger partial charge in [-0.2, -0.15) is 0 Å². The number of rotatable bonds is 4. The number of nitrogens with zero attached hydrogens (tertiary/aromatic N) is 1. The second-order valence-electron chi connectivity index (χ2n) is 5.52. The molecule has 0 atom stereocenters. The lowest BCUT2D eigenvalue weighted by molar-refractivity contribution is -0.123. The van der Waals surface area contributed by atoms with Crippen molar-refractivity contribution in [2.45, 2.75) is 13.3 Å². The standard InChI is InChI=1S/C19H17N3O2/c1-13-5-2-8-15(11-13)21-17(23)12-18(24)22-16-9-3-6-14-7-4-10-20-19(14)16/h2-11H,12H2,1H3,(H,21,23)(H,22,24). The summed E-state index contributed by atoms with van der Waals surface area (Å²) >= 11 is 0. The molecule has 0 spiro atoms. The Morgan fingerprint density at radius 1 is 0.958 bits per heavy atom. The van der Waals surface area contributed by atoms with Gasteiger partial charge in [-0.1, -0.05) is 30.3 Å². The van der Waals surface area contributed by atoms with E-state index in [0.717, 1.165) is 10.9 Å². The molecule has 120 valence electrons. The molecule has 3 aromatic rings. The first-order chi connectivity index (χ1) is 11.6. The van der Waals surface area contributed by atoms with Crippen LogP contribution in [0.4, 0.5) is 11.4 Å². The third-order valence-electron chi connectivity index (χ3n) is 3.53. The smallest absolute Gasteiger partial charge is 0.233 e. The molecule has 0 saturated carbocycles. The van der Waals surface area contributed by atoms with Crippen LogP contribution in [-0.4, -0.2) is 16.8 Å². The average Bonchev–Trinajstić information content (AvgIpc) is 2.55. The summed E-state index contributed by atoms with van der Waals surface area (Å²) in [5.41, 5.74) is 3.02. The van der Waals surface area contributed by atoms with Crippen LogP contribution in [0, 0.1) is 6.92 Å². The predicted molar refractivity (Wildman–Crippen MR) is 94.8 cm³/mol. The summed E-state index contributed by atoms with van der Waals surface area (Å²) in [5, 5.41) is 6.40. The van der Waals surface area contributed by atoms with Crippen LogP contribution in [0.15, 0.2) is 60.8 Å². The molecule has 2 amide bonds. The summed E-state index contributed by atoms with van der Waals surface area (Å²) in [7, 11) is 0. The lowest BCUT2D eigenvalue weighted by Gasteiger charge is -2.09. The molecule has 5 nitrogen and oxygen atoms in total. The lowest BCUT2D eigenvalue weighted by atomic mass is 10.2. The highest BCUT2D eigenvalue weighted by Crippen LogP contribution is 2.20. The minimum absolute atomic E-state index is 0.253. The molecule has 0 aliphatic heterocycles. The summed E-state index contributed by atoms with van der Waals surface area (Å²) in [6.45, 7) is 1.94. The number of nitrogens with one attached hydrogen (secondary N) is 2. The molecule has 0 radical (unpaired) electrons. The molecule has 0 bridgehead atoms. The minimum atomic E-state index is -0.377. The molecule has 0 aliphatic carbocycles. The fraction of sp³-hybridized carbons (Fsp3) is 0.105. The molecule has 2 aromatic carbocycles. The third-order valence-corrected chi connectivity index (χ3v) is 3.53. The van der Waals surface area contributed by atoms with Crippen LogP contribution >= 0.6 is 0 Å². The van der Waals surface area contributed by atoms with Gasteiger partial charge in [0.2, 0.25) is 11.8 Å². The van der Waals surface area contributed by atoms with E-state index in [9.17, 15) is 9.59 Å². The lowest BCUT2D eigenvalue weighted by Crippen LogP contribution is -2.21. The number of aryl methyl sites for hydroxylation is 1. The summed E-state index contributed by atoms with van der Waals surface area (Å²) in [5.74, 6) is -0.732. The van der Waals surface area contributed by atoms with E-state index in [1.807, 2.05) is 49.4 Å². The Morgan fingerprint density at radius 3 is 2.54 bits per heavy atom. The van der Waals surface area contributed by atoms with Gasteiger partial charge in [0.05, 0.1) is 11.2 Å². The van der Waals surface area contributed by atoms with Crippen molar-refractivity contribution in [3.8, 4) is 0 Å². The Hall–Kier alpha value is -3.21. The number of carbonyl (C=O) groups excluding carboxylic acids is 2. The number of para-hydroxylation sites is 1. The number of anilines is 2. The van der Waals surface area contributed by atoms with Crippen molar-refractivity contribution in [3.05, 3.63) is 66.4 Å². The topological polar surface area (TPSA) is 71.1 Å². The van der Waals surface area contributed by atoms with Crippen LogP contribution in [-0.2, 0) is 9.59 Å². The molecular formula is C19H17N3O2. The Morgan fingerprint density at radius 2 is 1.71 bits per heavy atom. The number of hydrogen-bond donors (Lipinski definition) is 2. The SMILES string of the molecule is Cc1cccc(NC(=O)CC(=O)Nc2cccc3cccnc23)c1. The minimum Gasteiger partial charge on any atom is -0.326 e. The maximum Gasteiger partial charge on any atom is 0.233 e. The first kappa shape index (κ1) is 15.7. The second-order valence-corrected chi connectivity index (χ2v) is 5.52. The Labute approximate surface area is 139 Å². The van der Waals surface area contributed by atoms with E-state index in [1.54, 1.807) is 18.3 Å². The van der Waals surface area contributed by atoms with Gasteiger partial charge in [0.1, 0.15) is 6.42 Å². The Kier molecular flexibility index (Phi) is 4.52. The van der Waals surface area contributed by atoms with E-state index in [0.29, 0.717) is 16.9 Å². The zero-order chi connectivity index (χ0) is 16.9. The Bertz CT molecular complexity index is 901. The number of pyridine rings is 1. The molecule has 2 N–H and O–H groups in total. The zero-order valence-electron chi connectivity index (χ0n) is 13.2. The van der Waals surface area contributed by atoms with Crippen LogP contribution in [0.1, 0.15) is 12.0 Å². The third kappa shape index (κ3) is 3.76. The molecule has 5 heteroatoms. The number of fused-ring (bicyclic) bond motifs is 1. The monoisotopic (exact) mass is 319 g/mol. The molecule has 24 heavy (non-hydrogen) atoms. The summed E-state index contributed by atoms with van der Waals surface area (Å²) in [6, 6.07) is 16.7. The van der Waals surface area contributed by atoms with Crippen molar-refractivity contribution < 1.29 is 9.59 Å². The van der Waals surface area contributed by atoms with Crippen LogP contribution in [0.25, 0.3) is 10.9 Å². The van der Waals surface area contributed by atoms with E-state index >= 15 is 0 Å². The molecule has 1 heterocycles. The molecule has 0 aliphatic rings. The first-order valence-corrected chi connectivity index (χ1v) is 7.62. The van der Waals surface area contributed by atoms with E-state index < -0.39 is 0 Å². The van der Waals surface area contributed by atoms with Crippen LogP contribution in [0.2, 0.25) is 0 Å². The largest absolute Gasteiger partial charge is 0.326 e. The summed E-state index contributed by atoms with van der Waals surface area (Å²) in [6.07, 6.45) is 1.42. The number of amides is 2. The van der Waals surface area contributed by atoms with Gasteiger partial charge in [-0.15, -0.1) is 0 Å². The molecule has 0 unspecified atom stereocenters. The van der Waals surface area contributed by atoms with Crippen molar-refractivity contribution in [3.63, 3.8) is 0 Å². The van der Waals surface area contributed by atoms with Gasteiger partial charge in [0.15, 0.2) is 0 Å². The van der Waals surface area contributed by atoms with Crippen molar-refractivity contribution in [2.75, 3.05) is 10.6 Å². The molecule has 0 fully saturated rings. The summed E-state index contributed by atoms with van der Waals surface area (Å²) in [4.78, 5) is 28.4. The van der Waals surface area contributed by atoms with Crippen molar-refractivity contribution >= 4 is 34.1 Å². The predicted octanol–water partition coefficient (Wildman–Crippen LogP) is 3.51. The van der Waals surface area contributed by atoms with Crippen molar-refractivity contribution in [1.29, 1.82) is 0 Å². The van der Waals surface area contributed by atoms with Gasteiger partial charge >= 0.3 is 0 Å². The molecule has 1 aromatic heterocycles. The van der Waals surface area contributed by atoms with Gasteiger partial charge in [-0.3, -0.25) is 14.6 Å². The van der Waals surface area contributed by atoms with Gasteiger partial charge in [0, 0.05) is 17.3 Å². The normalized spacial score (nSPS) is 10.4. The summed E-state index contributed by atoms with van der Waals surface area (Å²) < 4.78 is 0. The van der Waals surface area contributed by atoms with E-state index in [2.05, 4.69) is 15.6 Å². The first-order valence-electron chi connectivity index (χ1n) is 7.62. The number of benzene rings is 2. The van der Waals surface area contributed by atoms with E-state index in [-0.39, 0.29) is 18.2 Å². The number of aromatic nitrogens is 1. The van der Waals surface area contributed by atoms with E-state index in [1.165, 1.54) is 0 Å². The van der Waals surface area contributed by atoms with Gasteiger partial charge in [-0.05, 0) is 36.8 Å². The van der Waals surface area contributed by atoms with Gasteiger partial charge in [-0.25, -0.2) is 0 Å². The van der Waals surface area contributed by atoms with Crippen molar-refractivity contribution in [2.24, 2.45) is 0 Å². The van der Waals surface area contributed by atoms with Gasteiger partial charge < -0.3 is 10.6 Å². The second kappa shape index (κ2) is 6.91. The molecule has 0 saturated heterocycles. The number of carbonyl (C=O) groups is 2. The Balaban J connectivity index is 1.65. The maximum absolute atomic E-state index is 12.1. The maximum atomic E-state index is 12.1. The molecule has 3 rings (SSSR count). The molecular weight excluding hydrogens is 302 g/mol. The average molecular weight is 319 g/mol. The van der Waals surface area contributed by atoms with Crippen molar-refractivity contribution in [1.82, 2.24) is 4.98 Å². The fourth-order valence-corrected chi connectivity index (χ4v) is 2.47. The fourth-order valence-electron chi connectivity index (χ4n) is 2.47. The van der Waals surface area contributed by atoms with Gasteiger partial charge in [0.25, 0.3) is 0 Å².